The van der Waals surface area contributed by atoms with Crippen LogP contribution in [0.3, 0.4) is 0 Å². The van der Waals surface area contributed by atoms with Crippen LogP contribution >= 0.6 is 11.6 Å². The third kappa shape index (κ3) is 3.33. The van der Waals surface area contributed by atoms with Gasteiger partial charge in [0.15, 0.2) is 11.5 Å². The van der Waals surface area contributed by atoms with E-state index in [1.165, 1.54) is 6.07 Å². The number of halogens is 2. The van der Waals surface area contributed by atoms with E-state index >= 15 is 0 Å². The molecule has 106 valence electrons. The van der Waals surface area contributed by atoms with Crippen molar-refractivity contribution in [2.45, 2.75) is 13.5 Å². The Hall–Kier alpha value is -1.94. The van der Waals surface area contributed by atoms with Crippen LogP contribution in [-0.2, 0) is 6.54 Å². The van der Waals surface area contributed by atoms with Crippen LogP contribution in [0.1, 0.15) is 12.5 Å². The molecular formula is C15H15ClFNO2. The Kier molecular flexibility index (Phi) is 4.69. The van der Waals surface area contributed by atoms with E-state index < -0.39 is 5.82 Å². The van der Waals surface area contributed by atoms with E-state index in [0.29, 0.717) is 23.9 Å². The zero-order chi connectivity index (χ0) is 14.5. The molecule has 2 aromatic rings. The maximum atomic E-state index is 13.6. The van der Waals surface area contributed by atoms with Crippen LogP contribution in [-0.4, -0.2) is 11.7 Å². The summed E-state index contributed by atoms with van der Waals surface area (Å²) in [6, 6.07) is 9.51. The predicted molar refractivity (Wildman–Crippen MR) is 78.0 cm³/mol. The monoisotopic (exact) mass is 295 g/mol. The molecule has 0 atom stereocenters. The smallest absolute Gasteiger partial charge is 0.161 e. The van der Waals surface area contributed by atoms with Crippen molar-refractivity contribution in [2.75, 3.05) is 11.9 Å². The number of benzene rings is 2. The number of anilines is 1. The van der Waals surface area contributed by atoms with Gasteiger partial charge in [0.1, 0.15) is 5.82 Å². The van der Waals surface area contributed by atoms with E-state index in [9.17, 15) is 9.50 Å². The maximum Gasteiger partial charge on any atom is 0.161 e. The molecule has 0 aliphatic heterocycles. The van der Waals surface area contributed by atoms with Crippen LogP contribution in [0.4, 0.5) is 10.1 Å². The fourth-order valence-corrected chi connectivity index (χ4v) is 2.03. The maximum absolute atomic E-state index is 13.6. The second kappa shape index (κ2) is 6.48. The number of rotatable bonds is 5. The second-order valence-corrected chi connectivity index (χ2v) is 4.59. The van der Waals surface area contributed by atoms with Gasteiger partial charge in [-0.3, -0.25) is 0 Å². The van der Waals surface area contributed by atoms with Gasteiger partial charge in [-0.2, -0.15) is 0 Å². The van der Waals surface area contributed by atoms with Crippen LogP contribution in [0, 0.1) is 5.82 Å². The first kappa shape index (κ1) is 14.5. The summed E-state index contributed by atoms with van der Waals surface area (Å²) in [6.07, 6.45) is 0. The van der Waals surface area contributed by atoms with Crippen LogP contribution < -0.4 is 10.1 Å². The normalized spacial score (nSPS) is 10.3. The highest BCUT2D eigenvalue weighted by Crippen LogP contribution is 2.28. The molecule has 0 saturated carbocycles. The molecular weight excluding hydrogens is 281 g/mol. The Morgan fingerprint density at radius 1 is 1.30 bits per heavy atom. The molecule has 0 heterocycles. The summed E-state index contributed by atoms with van der Waals surface area (Å²) in [4.78, 5) is 0. The first-order valence-corrected chi connectivity index (χ1v) is 6.62. The lowest BCUT2D eigenvalue weighted by molar-refractivity contribution is 0.318. The fraction of sp³-hybridized carbons (Fsp3) is 0.200. The van der Waals surface area contributed by atoms with Gasteiger partial charge in [0.2, 0.25) is 0 Å². The third-order valence-electron chi connectivity index (χ3n) is 2.76. The Morgan fingerprint density at radius 3 is 2.80 bits per heavy atom. The average Bonchev–Trinajstić information content (AvgIpc) is 2.42. The van der Waals surface area contributed by atoms with E-state index in [2.05, 4.69) is 5.32 Å². The SMILES string of the molecule is CCOc1cc(CNc2c(F)cccc2Cl)ccc1O. The molecule has 0 aliphatic carbocycles. The molecule has 2 aromatic carbocycles. The summed E-state index contributed by atoms with van der Waals surface area (Å²) < 4.78 is 18.9. The molecule has 0 fully saturated rings. The second-order valence-electron chi connectivity index (χ2n) is 4.19. The summed E-state index contributed by atoms with van der Waals surface area (Å²) in [5.41, 5.74) is 1.12. The Balaban J connectivity index is 2.13. The number of hydrogen-bond donors (Lipinski definition) is 2. The standard InChI is InChI=1S/C15H15ClFNO2/c1-2-20-14-8-10(6-7-13(14)19)9-18-15-11(16)4-3-5-12(15)17/h3-8,18-19H,2,9H2,1H3. The number of phenols is 1. The summed E-state index contributed by atoms with van der Waals surface area (Å²) in [5.74, 6) is 0.0901. The van der Waals surface area contributed by atoms with Crippen molar-refractivity contribution < 1.29 is 14.2 Å². The minimum absolute atomic E-state index is 0.0829. The van der Waals surface area contributed by atoms with E-state index in [1.807, 2.05) is 6.92 Å². The number of aromatic hydroxyl groups is 1. The van der Waals surface area contributed by atoms with Gasteiger partial charge < -0.3 is 15.2 Å². The molecule has 0 radical (unpaired) electrons. The number of phenolic OH excluding ortho intramolecular Hbond substituents is 1. The highest BCUT2D eigenvalue weighted by atomic mass is 35.5. The zero-order valence-corrected chi connectivity index (χ0v) is 11.7. The van der Waals surface area contributed by atoms with E-state index in [1.54, 1.807) is 30.3 Å². The molecule has 0 aliphatic rings. The molecule has 0 unspecified atom stereocenters. The van der Waals surface area contributed by atoms with Crippen molar-refractivity contribution in [3.05, 3.63) is 52.8 Å². The van der Waals surface area contributed by atoms with Gasteiger partial charge in [0.05, 0.1) is 17.3 Å². The average molecular weight is 296 g/mol. The lowest BCUT2D eigenvalue weighted by Crippen LogP contribution is -2.02. The van der Waals surface area contributed by atoms with Crippen LogP contribution in [0.5, 0.6) is 11.5 Å². The number of para-hydroxylation sites is 1. The molecule has 0 amide bonds. The first-order chi connectivity index (χ1) is 9.61. The topological polar surface area (TPSA) is 41.5 Å². The van der Waals surface area contributed by atoms with Gasteiger partial charge in [-0.05, 0) is 36.8 Å². The van der Waals surface area contributed by atoms with Crippen molar-refractivity contribution in [1.29, 1.82) is 0 Å². The molecule has 0 aromatic heterocycles. The highest BCUT2D eigenvalue weighted by Gasteiger charge is 2.07. The molecule has 3 nitrogen and oxygen atoms in total. The van der Waals surface area contributed by atoms with Gasteiger partial charge >= 0.3 is 0 Å². The minimum Gasteiger partial charge on any atom is -0.504 e. The van der Waals surface area contributed by atoms with Crippen LogP contribution in [0.15, 0.2) is 36.4 Å². The number of ether oxygens (including phenoxy) is 1. The van der Waals surface area contributed by atoms with Crippen molar-refractivity contribution in [1.82, 2.24) is 0 Å². The largest absolute Gasteiger partial charge is 0.504 e. The zero-order valence-electron chi connectivity index (χ0n) is 11.0. The summed E-state index contributed by atoms with van der Waals surface area (Å²) >= 11 is 5.93. The number of hydrogen-bond acceptors (Lipinski definition) is 3. The first-order valence-electron chi connectivity index (χ1n) is 6.24. The van der Waals surface area contributed by atoms with Gasteiger partial charge in [-0.25, -0.2) is 4.39 Å². The number of nitrogens with one attached hydrogen (secondary N) is 1. The van der Waals surface area contributed by atoms with Gasteiger partial charge in [0.25, 0.3) is 0 Å². The Labute approximate surface area is 122 Å². The molecule has 2 N–H and O–H groups in total. The van der Waals surface area contributed by atoms with Crippen LogP contribution in [0.2, 0.25) is 5.02 Å². The molecule has 0 spiro atoms. The predicted octanol–water partition coefficient (Wildman–Crippen LogP) is 4.20. The molecule has 0 bridgehead atoms. The van der Waals surface area contributed by atoms with E-state index in [-0.39, 0.29) is 11.4 Å². The molecule has 5 heteroatoms. The van der Waals surface area contributed by atoms with Crippen molar-refractivity contribution in [2.24, 2.45) is 0 Å². The van der Waals surface area contributed by atoms with Gasteiger partial charge in [-0.1, -0.05) is 23.7 Å². The highest BCUT2D eigenvalue weighted by molar-refractivity contribution is 6.33. The summed E-state index contributed by atoms with van der Waals surface area (Å²) in [5, 5.41) is 12.9. The van der Waals surface area contributed by atoms with Crippen molar-refractivity contribution in [3.8, 4) is 11.5 Å². The van der Waals surface area contributed by atoms with Gasteiger partial charge in [-0.15, -0.1) is 0 Å². The van der Waals surface area contributed by atoms with Crippen LogP contribution in [0.25, 0.3) is 0 Å². The molecule has 0 saturated heterocycles. The molecule has 2 rings (SSSR count). The van der Waals surface area contributed by atoms with E-state index in [0.717, 1.165) is 5.56 Å². The Bertz CT molecular complexity index is 584. The van der Waals surface area contributed by atoms with E-state index in [4.69, 9.17) is 16.3 Å². The van der Waals surface area contributed by atoms with Crippen molar-refractivity contribution in [3.63, 3.8) is 0 Å². The molecule has 20 heavy (non-hydrogen) atoms. The third-order valence-corrected chi connectivity index (χ3v) is 3.07. The van der Waals surface area contributed by atoms with Crippen molar-refractivity contribution >= 4 is 17.3 Å². The fourth-order valence-electron chi connectivity index (χ4n) is 1.80. The lowest BCUT2D eigenvalue weighted by atomic mass is 10.2. The minimum atomic E-state index is -0.402. The summed E-state index contributed by atoms with van der Waals surface area (Å²) in [7, 11) is 0. The lowest BCUT2D eigenvalue weighted by Gasteiger charge is -2.11. The Morgan fingerprint density at radius 2 is 2.10 bits per heavy atom. The summed E-state index contributed by atoms with van der Waals surface area (Å²) in [6.45, 7) is 2.67. The quantitative estimate of drug-likeness (QED) is 0.869. The van der Waals surface area contributed by atoms with Gasteiger partial charge in [0, 0.05) is 6.54 Å².